The standard InChI is InChI=1S/C25H30Cl2N4O5S/c1-3-30(13-4-12-29-14-11-28-18-29)25(33)36-17-19(2)31(24-15-22(27)6-5-20(24)16-32)37(34,35)23-9-7-21(26)8-10-23/h5-11,14-15,18-19,32H,3-4,12-13,16-17H2,1-2H3/t19-/m1/s1. The summed E-state index contributed by atoms with van der Waals surface area (Å²) in [5.74, 6) is 0. The smallest absolute Gasteiger partial charge is 0.409 e. The molecule has 0 aliphatic carbocycles. The topological polar surface area (TPSA) is 105 Å². The lowest BCUT2D eigenvalue weighted by Gasteiger charge is -2.32. The number of nitrogens with zero attached hydrogens (tertiary/aromatic N) is 4. The first-order valence-corrected chi connectivity index (χ1v) is 13.9. The second-order valence-electron chi connectivity index (χ2n) is 8.35. The predicted molar refractivity (Wildman–Crippen MR) is 143 cm³/mol. The molecule has 0 bridgehead atoms. The maximum absolute atomic E-state index is 13.8. The van der Waals surface area contributed by atoms with Crippen molar-refractivity contribution in [2.24, 2.45) is 0 Å². The molecular formula is C25H30Cl2N4O5S. The van der Waals surface area contributed by atoms with Gasteiger partial charge in [0.1, 0.15) is 6.61 Å². The summed E-state index contributed by atoms with van der Waals surface area (Å²) in [6.45, 7) is 4.45. The second-order valence-corrected chi connectivity index (χ2v) is 11.0. The number of aromatic nitrogens is 2. The van der Waals surface area contributed by atoms with Crippen LogP contribution in [0.2, 0.25) is 10.0 Å². The molecule has 0 saturated carbocycles. The van der Waals surface area contributed by atoms with Gasteiger partial charge in [0, 0.05) is 47.6 Å². The molecule has 200 valence electrons. The molecule has 3 aromatic rings. The maximum Gasteiger partial charge on any atom is 0.409 e. The molecule has 9 nitrogen and oxygen atoms in total. The van der Waals surface area contributed by atoms with Crippen molar-refractivity contribution in [1.82, 2.24) is 14.5 Å². The van der Waals surface area contributed by atoms with Crippen LogP contribution in [0.25, 0.3) is 0 Å². The number of sulfonamides is 1. The Morgan fingerprint density at radius 3 is 2.49 bits per heavy atom. The number of anilines is 1. The Labute approximate surface area is 227 Å². The number of imidazole rings is 1. The fourth-order valence-electron chi connectivity index (χ4n) is 3.79. The fraction of sp³-hybridized carbons (Fsp3) is 0.360. The highest BCUT2D eigenvalue weighted by Crippen LogP contribution is 2.32. The minimum atomic E-state index is -4.14. The Kier molecular flexibility index (Phi) is 10.2. The van der Waals surface area contributed by atoms with Crippen LogP contribution in [0.1, 0.15) is 25.8 Å². The Morgan fingerprint density at radius 2 is 1.86 bits per heavy atom. The largest absolute Gasteiger partial charge is 0.447 e. The van der Waals surface area contributed by atoms with E-state index in [0.717, 1.165) is 4.31 Å². The SMILES string of the molecule is CCN(CCCn1ccnc1)C(=O)OC[C@@H](C)N(c1cc(Cl)ccc1CO)S(=O)(=O)c1ccc(Cl)cc1. The monoisotopic (exact) mass is 568 g/mol. The number of rotatable bonds is 12. The molecule has 1 atom stereocenters. The van der Waals surface area contributed by atoms with Gasteiger partial charge in [-0.25, -0.2) is 18.2 Å². The summed E-state index contributed by atoms with van der Waals surface area (Å²) in [5.41, 5.74) is 0.552. The summed E-state index contributed by atoms with van der Waals surface area (Å²) in [4.78, 5) is 18.4. The molecule has 1 aromatic heterocycles. The third-order valence-electron chi connectivity index (χ3n) is 5.72. The van der Waals surface area contributed by atoms with Crippen LogP contribution >= 0.6 is 23.2 Å². The van der Waals surface area contributed by atoms with Gasteiger partial charge in [0.15, 0.2) is 0 Å². The van der Waals surface area contributed by atoms with E-state index < -0.39 is 28.8 Å². The summed E-state index contributed by atoms with van der Waals surface area (Å²) in [6, 6.07) is 9.51. The average molecular weight is 570 g/mol. The lowest BCUT2D eigenvalue weighted by Crippen LogP contribution is -2.43. The predicted octanol–water partition coefficient (Wildman–Crippen LogP) is 4.81. The molecule has 2 aromatic carbocycles. The highest BCUT2D eigenvalue weighted by molar-refractivity contribution is 7.92. The van der Waals surface area contributed by atoms with Crippen LogP contribution < -0.4 is 4.31 Å². The van der Waals surface area contributed by atoms with Crippen LogP contribution in [0.5, 0.6) is 0 Å². The van der Waals surface area contributed by atoms with Crippen molar-refractivity contribution in [3.8, 4) is 0 Å². The number of halogens is 2. The number of hydrogen-bond donors (Lipinski definition) is 1. The summed E-state index contributed by atoms with van der Waals surface area (Å²) < 4.78 is 36.1. The Balaban J connectivity index is 1.80. The number of aliphatic hydroxyl groups is 1. The van der Waals surface area contributed by atoms with Gasteiger partial charge < -0.3 is 19.3 Å². The molecule has 0 unspecified atom stereocenters. The van der Waals surface area contributed by atoms with Crippen LogP contribution in [-0.2, 0) is 27.9 Å². The highest BCUT2D eigenvalue weighted by atomic mass is 35.5. The quantitative estimate of drug-likeness (QED) is 0.336. The second kappa shape index (κ2) is 13.1. The van der Waals surface area contributed by atoms with Gasteiger partial charge in [-0.2, -0.15) is 0 Å². The Morgan fingerprint density at radius 1 is 1.16 bits per heavy atom. The van der Waals surface area contributed by atoms with Crippen molar-refractivity contribution in [3.63, 3.8) is 0 Å². The van der Waals surface area contributed by atoms with Crippen molar-refractivity contribution < 1.29 is 23.1 Å². The normalized spacial score (nSPS) is 12.2. The lowest BCUT2D eigenvalue weighted by molar-refractivity contribution is 0.0995. The van der Waals surface area contributed by atoms with Gasteiger partial charge in [-0.05, 0) is 56.7 Å². The zero-order chi connectivity index (χ0) is 27.0. The number of aliphatic hydroxyl groups excluding tert-OH is 1. The van der Waals surface area contributed by atoms with Gasteiger partial charge in [0.25, 0.3) is 10.0 Å². The van der Waals surface area contributed by atoms with Crippen LogP contribution in [-0.4, -0.2) is 59.8 Å². The molecule has 12 heteroatoms. The maximum atomic E-state index is 13.8. The summed E-state index contributed by atoms with van der Waals surface area (Å²) in [6.07, 6.45) is 5.41. The number of amides is 1. The number of benzene rings is 2. The molecule has 0 aliphatic rings. The number of ether oxygens (including phenoxy) is 1. The van der Waals surface area contributed by atoms with Gasteiger partial charge in [-0.3, -0.25) is 4.31 Å². The summed E-state index contributed by atoms with van der Waals surface area (Å²) >= 11 is 12.2. The minimum absolute atomic E-state index is 0.00590. The summed E-state index contributed by atoms with van der Waals surface area (Å²) in [5, 5.41) is 10.6. The lowest BCUT2D eigenvalue weighted by atomic mass is 10.1. The van der Waals surface area contributed by atoms with Crippen molar-refractivity contribution in [2.75, 3.05) is 24.0 Å². The van der Waals surface area contributed by atoms with E-state index in [4.69, 9.17) is 27.9 Å². The van der Waals surface area contributed by atoms with Gasteiger partial charge >= 0.3 is 6.09 Å². The van der Waals surface area contributed by atoms with E-state index in [2.05, 4.69) is 4.98 Å². The molecular weight excluding hydrogens is 539 g/mol. The van der Waals surface area contributed by atoms with Crippen molar-refractivity contribution in [1.29, 1.82) is 0 Å². The van der Waals surface area contributed by atoms with Crippen molar-refractivity contribution in [2.45, 2.75) is 44.4 Å². The van der Waals surface area contributed by atoms with Crippen LogP contribution in [0.4, 0.5) is 10.5 Å². The van der Waals surface area contributed by atoms with Crippen molar-refractivity contribution in [3.05, 3.63) is 76.8 Å². The van der Waals surface area contributed by atoms with Gasteiger partial charge in [-0.1, -0.05) is 29.3 Å². The molecule has 1 heterocycles. The van der Waals surface area contributed by atoms with E-state index in [9.17, 15) is 18.3 Å². The molecule has 0 radical (unpaired) electrons. The molecule has 37 heavy (non-hydrogen) atoms. The highest BCUT2D eigenvalue weighted by Gasteiger charge is 2.32. The van der Waals surface area contributed by atoms with Crippen LogP contribution in [0, 0.1) is 0 Å². The van der Waals surface area contributed by atoms with Crippen molar-refractivity contribution >= 4 is 45.0 Å². The summed E-state index contributed by atoms with van der Waals surface area (Å²) in [7, 11) is -4.14. The van der Waals surface area contributed by atoms with E-state index in [1.165, 1.54) is 30.3 Å². The molecule has 0 aliphatic heterocycles. The Bertz CT molecular complexity index is 1270. The number of carbonyl (C=O) groups is 1. The van der Waals surface area contributed by atoms with Crippen LogP contribution in [0.15, 0.2) is 66.1 Å². The van der Waals surface area contributed by atoms with Crippen LogP contribution in [0.3, 0.4) is 0 Å². The number of carbonyl (C=O) groups excluding carboxylic acids is 1. The first-order valence-electron chi connectivity index (χ1n) is 11.7. The van der Waals surface area contributed by atoms with E-state index in [1.54, 1.807) is 36.5 Å². The van der Waals surface area contributed by atoms with E-state index in [0.29, 0.717) is 41.7 Å². The van der Waals surface area contributed by atoms with Gasteiger partial charge in [-0.15, -0.1) is 0 Å². The van der Waals surface area contributed by atoms with E-state index in [-0.39, 0.29) is 17.2 Å². The number of hydrogen-bond acceptors (Lipinski definition) is 6. The molecule has 0 spiro atoms. The Hall–Kier alpha value is -2.79. The number of aryl methyl sites for hydroxylation is 1. The van der Waals surface area contributed by atoms with E-state index in [1.807, 2.05) is 17.7 Å². The molecule has 1 amide bonds. The van der Waals surface area contributed by atoms with Gasteiger partial charge in [0.05, 0.1) is 29.6 Å². The third kappa shape index (κ3) is 7.38. The molecule has 0 fully saturated rings. The third-order valence-corrected chi connectivity index (χ3v) is 8.15. The average Bonchev–Trinajstić information content (AvgIpc) is 3.39. The van der Waals surface area contributed by atoms with E-state index >= 15 is 0 Å². The zero-order valence-corrected chi connectivity index (χ0v) is 23.0. The molecule has 0 saturated heterocycles. The minimum Gasteiger partial charge on any atom is -0.447 e. The van der Waals surface area contributed by atoms with Gasteiger partial charge in [0.2, 0.25) is 0 Å². The molecule has 1 N–H and O–H groups in total. The zero-order valence-electron chi connectivity index (χ0n) is 20.6. The fourth-order valence-corrected chi connectivity index (χ4v) is 5.76. The first kappa shape index (κ1) is 28.8. The first-order chi connectivity index (χ1) is 17.7. The molecule has 3 rings (SSSR count).